The molecular weight excluding hydrogens is 520 g/mol. The van der Waals surface area contributed by atoms with Gasteiger partial charge in [-0.15, -0.1) is 0 Å². The molecule has 1 unspecified atom stereocenters. The van der Waals surface area contributed by atoms with Gasteiger partial charge in [0.15, 0.2) is 0 Å². The summed E-state index contributed by atoms with van der Waals surface area (Å²) in [6.07, 6.45) is 4.64. The Hall–Kier alpha value is -5.31. The van der Waals surface area contributed by atoms with Gasteiger partial charge < -0.3 is 20.5 Å². The molecule has 0 aliphatic carbocycles. The molecule has 0 bridgehead atoms. The van der Waals surface area contributed by atoms with E-state index in [1.807, 2.05) is 37.3 Å². The average molecular weight is 551 g/mol. The van der Waals surface area contributed by atoms with E-state index in [-0.39, 0.29) is 24.9 Å². The van der Waals surface area contributed by atoms with E-state index >= 15 is 0 Å². The third kappa shape index (κ3) is 7.42. The van der Waals surface area contributed by atoms with Crippen LogP contribution in [0.25, 0.3) is 17.0 Å². The van der Waals surface area contributed by atoms with Crippen molar-refractivity contribution in [1.82, 2.24) is 10.3 Å². The summed E-state index contributed by atoms with van der Waals surface area (Å²) >= 11 is 0. The maximum Gasteiger partial charge on any atom is 0.343 e. The predicted molar refractivity (Wildman–Crippen MR) is 157 cm³/mol. The Morgan fingerprint density at radius 1 is 1.02 bits per heavy atom. The van der Waals surface area contributed by atoms with Crippen molar-refractivity contribution < 1.29 is 23.9 Å². The molecule has 9 heteroatoms. The number of ether oxygens (including phenoxy) is 2. The molecule has 0 aliphatic rings. The van der Waals surface area contributed by atoms with Gasteiger partial charge in [0.25, 0.3) is 0 Å². The van der Waals surface area contributed by atoms with Crippen LogP contribution in [0.3, 0.4) is 0 Å². The molecule has 9 nitrogen and oxygen atoms in total. The molecule has 0 radical (unpaired) electrons. The topological polar surface area (TPSA) is 144 Å². The van der Waals surface area contributed by atoms with E-state index in [2.05, 4.69) is 10.3 Å². The van der Waals surface area contributed by atoms with Crippen molar-refractivity contribution in [3.8, 4) is 5.75 Å². The number of aryl methyl sites for hydroxylation is 1. The number of benzene rings is 3. The molecule has 4 rings (SSSR count). The highest BCUT2D eigenvalue weighted by Crippen LogP contribution is 2.21. The Morgan fingerprint density at radius 2 is 1.76 bits per heavy atom. The second kappa shape index (κ2) is 13.2. The molecular formula is C32H30N4O5. The van der Waals surface area contributed by atoms with Crippen molar-refractivity contribution >= 4 is 40.7 Å². The summed E-state index contributed by atoms with van der Waals surface area (Å²) in [6, 6.07) is 20.8. The zero-order valence-corrected chi connectivity index (χ0v) is 22.7. The highest BCUT2D eigenvalue weighted by atomic mass is 16.5. The number of nitrogens with one attached hydrogen (secondary N) is 2. The molecule has 0 spiro atoms. The summed E-state index contributed by atoms with van der Waals surface area (Å²) in [5.41, 5.74) is 9.29. The summed E-state index contributed by atoms with van der Waals surface area (Å²) in [4.78, 5) is 42.3. The number of hydrogen-bond acceptors (Lipinski definition) is 7. The minimum atomic E-state index is -0.713. The predicted octanol–water partition coefficient (Wildman–Crippen LogP) is 4.52. The van der Waals surface area contributed by atoms with Gasteiger partial charge in [-0.3, -0.25) is 20.0 Å². The SMILES string of the molecule is CCOC(=O)C(CNC(=O)/C=C/c1ccc(C(=O)Oc2ccc(C(=N)N)cc2)cc1C)c1cnc2ccccc2c1. The summed E-state index contributed by atoms with van der Waals surface area (Å²) in [6.45, 7) is 3.81. The lowest BCUT2D eigenvalue weighted by molar-refractivity contribution is -0.144. The molecule has 4 N–H and O–H groups in total. The van der Waals surface area contributed by atoms with Gasteiger partial charge in [-0.05, 0) is 85.1 Å². The second-order valence-corrected chi connectivity index (χ2v) is 9.24. The maximum absolute atomic E-state index is 12.7. The molecule has 3 aromatic carbocycles. The molecule has 1 aromatic heterocycles. The second-order valence-electron chi connectivity index (χ2n) is 9.24. The summed E-state index contributed by atoms with van der Waals surface area (Å²) in [5, 5.41) is 11.1. The quantitative estimate of drug-likeness (QED) is 0.0865. The number of nitrogens with two attached hydrogens (primary N) is 1. The number of amides is 1. The average Bonchev–Trinajstić information content (AvgIpc) is 2.97. The van der Waals surface area contributed by atoms with E-state index in [9.17, 15) is 14.4 Å². The van der Waals surface area contributed by atoms with E-state index in [1.54, 1.807) is 61.7 Å². The summed E-state index contributed by atoms with van der Waals surface area (Å²) in [5.74, 6) is -1.82. The van der Waals surface area contributed by atoms with Crippen LogP contribution in [0.4, 0.5) is 0 Å². The number of esters is 2. The largest absolute Gasteiger partial charge is 0.465 e. The van der Waals surface area contributed by atoms with Crippen molar-refractivity contribution in [2.45, 2.75) is 19.8 Å². The fourth-order valence-corrected chi connectivity index (χ4v) is 4.14. The molecule has 1 amide bonds. The van der Waals surface area contributed by atoms with Crippen LogP contribution >= 0.6 is 0 Å². The van der Waals surface area contributed by atoms with Crippen molar-refractivity contribution in [2.75, 3.05) is 13.2 Å². The van der Waals surface area contributed by atoms with E-state index in [0.717, 1.165) is 22.0 Å². The smallest absolute Gasteiger partial charge is 0.343 e. The Balaban J connectivity index is 1.39. The van der Waals surface area contributed by atoms with Gasteiger partial charge in [0.1, 0.15) is 17.5 Å². The molecule has 0 aliphatic heterocycles. The first-order chi connectivity index (χ1) is 19.7. The van der Waals surface area contributed by atoms with Gasteiger partial charge in [-0.2, -0.15) is 0 Å². The van der Waals surface area contributed by atoms with Gasteiger partial charge in [0.2, 0.25) is 5.91 Å². The summed E-state index contributed by atoms with van der Waals surface area (Å²) < 4.78 is 10.6. The number of nitrogens with zero attached hydrogens (tertiary/aromatic N) is 1. The number of nitrogen functional groups attached to an aromatic ring is 1. The zero-order chi connectivity index (χ0) is 29.4. The van der Waals surface area contributed by atoms with Crippen LogP contribution in [0.5, 0.6) is 5.75 Å². The Kier molecular flexibility index (Phi) is 9.21. The number of pyridine rings is 1. The number of amidine groups is 1. The molecule has 0 fully saturated rings. The fourth-order valence-electron chi connectivity index (χ4n) is 4.14. The van der Waals surface area contributed by atoms with Crippen molar-refractivity contribution in [3.63, 3.8) is 0 Å². The highest BCUT2D eigenvalue weighted by molar-refractivity contribution is 5.96. The van der Waals surface area contributed by atoms with Crippen LogP contribution in [0.2, 0.25) is 0 Å². The first-order valence-corrected chi connectivity index (χ1v) is 13.0. The Bertz CT molecular complexity index is 1630. The van der Waals surface area contributed by atoms with E-state index < -0.39 is 17.9 Å². The third-order valence-electron chi connectivity index (χ3n) is 6.36. The van der Waals surface area contributed by atoms with Crippen LogP contribution in [0.1, 0.15) is 45.5 Å². The van der Waals surface area contributed by atoms with Crippen LogP contribution in [0.15, 0.2) is 85.1 Å². The third-order valence-corrected chi connectivity index (χ3v) is 6.36. The molecule has 41 heavy (non-hydrogen) atoms. The maximum atomic E-state index is 12.7. The zero-order valence-electron chi connectivity index (χ0n) is 22.7. The molecule has 208 valence electrons. The molecule has 1 atom stereocenters. The van der Waals surface area contributed by atoms with Crippen LogP contribution in [0, 0.1) is 12.3 Å². The first kappa shape index (κ1) is 28.7. The van der Waals surface area contributed by atoms with Crippen LogP contribution in [-0.2, 0) is 14.3 Å². The minimum absolute atomic E-state index is 0.0409. The summed E-state index contributed by atoms with van der Waals surface area (Å²) in [7, 11) is 0. The van der Waals surface area contributed by atoms with Gasteiger partial charge in [-0.1, -0.05) is 24.3 Å². The standard InChI is InChI=1S/C32H30N4O5/c1-3-40-32(39)27(25-17-23-6-4-5-7-28(23)35-18-25)19-36-29(37)15-12-21-8-9-24(16-20(21)2)31(38)41-26-13-10-22(11-14-26)30(33)34/h4-18,27H,3,19H2,1-2H3,(H3,33,34)(H,36,37)/b15-12+. The molecule has 0 saturated heterocycles. The number of carbonyl (C=O) groups excluding carboxylic acids is 3. The molecule has 1 heterocycles. The first-order valence-electron chi connectivity index (χ1n) is 13.0. The number of carbonyl (C=O) groups is 3. The lowest BCUT2D eigenvalue weighted by Gasteiger charge is -2.16. The Labute approximate surface area is 237 Å². The lowest BCUT2D eigenvalue weighted by Crippen LogP contribution is -2.31. The van der Waals surface area contributed by atoms with E-state index in [0.29, 0.717) is 22.4 Å². The minimum Gasteiger partial charge on any atom is -0.465 e. The van der Waals surface area contributed by atoms with E-state index in [1.165, 1.54) is 6.08 Å². The van der Waals surface area contributed by atoms with E-state index in [4.69, 9.17) is 20.6 Å². The van der Waals surface area contributed by atoms with Crippen LogP contribution < -0.4 is 15.8 Å². The van der Waals surface area contributed by atoms with Gasteiger partial charge in [0.05, 0.1) is 17.7 Å². The fraction of sp³-hybridized carbons (Fsp3) is 0.156. The number of rotatable bonds is 10. The monoisotopic (exact) mass is 550 g/mol. The van der Waals surface area contributed by atoms with Gasteiger partial charge in [-0.25, -0.2) is 4.79 Å². The van der Waals surface area contributed by atoms with Crippen molar-refractivity contribution in [3.05, 3.63) is 113 Å². The molecule has 0 saturated carbocycles. The van der Waals surface area contributed by atoms with Gasteiger partial charge >= 0.3 is 11.9 Å². The highest BCUT2D eigenvalue weighted by Gasteiger charge is 2.23. The van der Waals surface area contributed by atoms with Crippen LogP contribution in [-0.4, -0.2) is 41.8 Å². The number of fused-ring (bicyclic) bond motifs is 1. The van der Waals surface area contributed by atoms with Crippen molar-refractivity contribution in [2.24, 2.45) is 5.73 Å². The lowest BCUT2D eigenvalue weighted by atomic mass is 9.99. The number of para-hydroxylation sites is 1. The Morgan fingerprint density at radius 3 is 2.46 bits per heavy atom. The number of aromatic nitrogens is 1. The van der Waals surface area contributed by atoms with Gasteiger partial charge in [0, 0.05) is 29.8 Å². The normalized spacial score (nSPS) is 11.7. The molecule has 4 aromatic rings. The number of hydrogen-bond donors (Lipinski definition) is 3. The van der Waals surface area contributed by atoms with Crippen molar-refractivity contribution in [1.29, 1.82) is 5.41 Å².